The van der Waals surface area contributed by atoms with Crippen LogP contribution in [0.25, 0.3) is 0 Å². The molecule has 0 radical (unpaired) electrons. The molecule has 6 heteroatoms. The lowest BCUT2D eigenvalue weighted by Crippen LogP contribution is -2.50. The van der Waals surface area contributed by atoms with Gasteiger partial charge in [-0.2, -0.15) is 0 Å². The van der Waals surface area contributed by atoms with E-state index >= 15 is 0 Å². The second-order valence-corrected chi connectivity index (χ2v) is 4.58. The number of benzene rings is 1. The third kappa shape index (κ3) is 2.96. The van der Waals surface area contributed by atoms with Crippen LogP contribution in [0.15, 0.2) is 12.1 Å². The van der Waals surface area contributed by atoms with Crippen molar-refractivity contribution >= 4 is 5.91 Å². The molecule has 2 N–H and O–H groups in total. The second kappa shape index (κ2) is 6.47. The lowest BCUT2D eigenvalue weighted by Gasteiger charge is -2.26. The molecule has 6 nitrogen and oxygen atoms in total. The summed E-state index contributed by atoms with van der Waals surface area (Å²) in [7, 11) is 4.74. The van der Waals surface area contributed by atoms with Crippen molar-refractivity contribution in [1.82, 2.24) is 10.6 Å². The largest absolute Gasteiger partial charge is 0.496 e. The van der Waals surface area contributed by atoms with E-state index in [9.17, 15) is 4.79 Å². The van der Waals surface area contributed by atoms with Crippen LogP contribution in [0.1, 0.15) is 5.56 Å². The molecule has 1 fully saturated rings. The third-order valence-corrected chi connectivity index (χ3v) is 3.41. The molecule has 0 atom stereocenters. The summed E-state index contributed by atoms with van der Waals surface area (Å²) >= 11 is 0. The van der Waals surface area contributed by atoms with Gasteiger partial charge in [0.05, 0.1) is 39.4 Å². The number of amides is 1. The number of rotatable bonds is 6. The normalized spacial score (nSPS) is 14.3. The Morgan fingerprint density at radius 2 is 1.80 bits per heavy atom. The predicted molar refractivity (Wildman–Crippen MR) is 74.3 cm³/mol. The Morgan fingerprint density at radius 3 is 2.20 bits per heavy atom. The maximum Gasteiger partial charge on any atom is 0.225 e. The number of methoxy groups -OCH3 is 3. The van der Waals surface area contributed by atoms with Gasteiger partial charge >= 0.3 is 0 Å². The Labute approximate surface area is 118 Å². The van der Waals surface area contributed by atoms with Crippen LogP contribution in [0.5, 0.6) is 17.2 Å². The third-order valence-electron chi connectivity index (χ3n) is 3.41. The molecular weight excluding hydrogens is 260 g/mol. The zero-order valence-corrected chi connectivity index (χ0v) is 12.0. The first-order valence-electron chi connectivity index (χ1n) is 6.47. The molecule has 0 bridgehead atoms. The van der Waals surface area contributed by atoms with E-state index in [-0.39, 0.29) is 11.8 Å². The molecule has 1 aromatic carbocycles. The average molecular weight is 280 g/mol. The minimum Gasteiger partial charge on any atom is -0.496 e. The van der Waals surface area contributed by atoms with E-state index in [0.717, 1.165) is 18.7 Å². The van der Waals surface area contributed by atoms with Crippen molar-refractivity contribution in [2.75, 3.05) is 34.4 Å². The van der Waals surface area contributed by atoms with E-state index in [1.165, 1.54) is 0 Å². The summed E-state index contributed by atoms with van der Waals surface area (Å²) in [5, 5.41) is 5.98. The minimum absolute atomic E-state index is 0.0451. The molecule has 0 aliphatic carbocycles. The van der Waals surface area contributed by atoms with Gasteiger partial charge in [-0.25, -0.2) is 0 Å². The molecule has 20 heavy (non-hydrogen) atoms. The van der Waals surface area contributed by atoms with E-state index in [1.54, 1.807) is 33.5 Å². The van der Waals surface area contributed by atoms with Crippen LogP contribution in [-0.4, -0.2) is 40.3 Å². The van der Waals surface area contributed by atoms with Crippen LogP contribution in [-0.2, 0) is 11.3 Å². The summed E-state index contributed by atoms with van der Waals surface area (Å²) in [6, 6.07) is 3.55. The average Bonchev–Trinajstić information content (AvgIpc) is 2.42. The highest BCUT2D eigenvalue weighted by Crippen LogP contribution is 2.33. The van der Waals surface area contributed by atoms with Gasteiger partial charge in [0, 0.05) is 25.2 Å². The lowest BCUT2D eigenvalue weighted by atomic mass is 10.0. The summed E-state index contributed by atoms with van der Waals surface area (Å²) in [4.78, 5) is 11.9. The highest BCUT2D eigenvalue weighted by molar-refractivity contribution is 5.80. The Bertz CT molecular complexity index is 461. The Balaban J connectivity index is 2.13. The van der Waals surface area contributed by atoms with Gasteiger partial charge < -0.3 is 24.8 Å². The molecule has 2 rings (SSSR count). The fraction of sp³-hybridized carbons (Fsp3) is 0.500. The molecule has 0 spiro atoms. The van der Waals surface area contributed by atoms with Gasteiger partial charge in [0.25, 0.3) is 0 Å². The standard InChI is InChI=1S/C14H20N2O4/c1-18-10-4-12(19-2)11(13(5-10)20-3)8-16-14(17)9-6-15-7-9/h4-5,9,15H,6-8H2,1-3H3,(H,16,17). The van der Waals surface area contributed by atoms with Crippen molar-refractivity contribution in [3.8, 4) is 17.2 Å². The fourth-order valence-electron chi connectivity index (χ4n) is 2.05. The Morgan fingerprint density at radius 1 is 1.20 bits per heavy atom. The van der Waals surface area contributed by atoms with Crippen molar-refractivity contribution in [2.45, 2.75) is 6.54 Å². The van der Waals surface area contributed by atoms with Crippen LogP contribution in [0.4, 0.5) is 0 Å². The van der Waals surface area contributed by atoms with E-state index in [4.69, 9.17) is 14.2 Å². The molecule has 0 unspecified atom stereocenters. The summed E-state index contributed by atoms with van der Waals surface area (Å²) in [5.41, 5.74) is 0.802. The van der Waals surface area contributed by atoms with E-state index in [1.807, 2.05) is 0 Å². The molecule has 1 aliphatic heterocycles. The van der Waals surface area contributed by atoms with Gasteiger partial charge in [0.15, 0.2) is 0 Å². The molecule has 0 aromatic heterocycles. The summed E-state index contributed by atoms with van der Waals surface area (Å²) < 4.78 is 15.9. The molecule has 1 heterocycles. The predicted octanol–water partition coefficient (Wildman–Crippen LogP) is 0.548. The Kier molecular flexibility index (Phi) is 4.68. The number of hydrogen-bond donors (Lipinski definition) is 2. The van der Waals surface area contributed by atoms with Crippen molar-refractivity contribution in [3.05, 3.63) is 17.7 Å². The summed E-state index contributed by atoms with van der Waals surface area (Å²) in [6.07, 6.45) is 0. The molecule has 1 aromatic rings. The number of carbonyl (C=O) groups excluding carboxylic acids is 1. The maximum absolute atomic E-state index is 11.9. The molecule has 110 valence electrons. The van der Waals surface area contributed by atoms with Gasteiger partial charge in [-0.15, -0.1) is 0 Å². The first-order valence-corrected chi connectivity index (χ1v) is 6.47. The minimum atomic E-state index is 0.0451. The quantitative estimate of drug-likeness (QED) is 0.796. The van der Waals surface area contributed by atoms with Crippen molar-refractivity contribution < 1.29 is 19.0 Å². The van der Waals surface area contributed by atoms with E-state index in [2.05, 4.69) is 10.6 Å². The second-order valence-electron chi connectivity index (χ2n) is 4.58. The molecule has 1 saturated heterocycles. The number of nitrogens with one attached hydrogen (secondary N) is 2. The van der Waals surface area contributed by atoms with Crippen LogP contribution in [0.2, 0.25) is 0 Å². The maximum atomic E-state index is 11.9. The first kappa shape index (κ1) is 14.5. The van der Waals surface area contributed by atoms with Gasteiger partial charge in [0.1, 0.15) is 17.2 Å². The summed E-state index contributed by atoms with van der Waals surface area (Å²) in [6.45, 7) is 1.84. The van der Waals surface area contributed by atoms with Crippen LogP contribution >= 0.6 is 0 Å². The van der Waals surface area contributed by atoms with Crippen molar-refractivity contribution in [2.24, 2.45) is 5.92 Å². The molecule has 1 amide bonds. The van der Waals surface area contributed by atoms with Gasteiger partial charge in [-0.05, 0) is 0 Å². The number of carbonyl (C=O) groups is 1. The molecular formula is C14H20N2O4. The molecule has 1 aliphatic rings. The van der Waals surface area contributed by atoms with Gasteiger partial charge in [-0.1, -0.05) is 0 Å². The van der Waals surface area contributed by atoms with E-state index in [0.29, 0.717) is 23.8 Å². The summed E-state index contributed by atoms with van der Waals surface area (Å²) in [5.74, 6) is 2.02. The SMILES string of the molecule is COc1cc(OC)c(CNC(=O)C2CNC2)c(OC)c1. The lowest BCUT2D eigenvalue weighted by molar-refractivity contribution is -0.126. The van der Waals surface area contributed by atoms with Gasteiger partial charge in [-0.3, -0.25) is 4.79 Å². The van der Waals surface area contributed by atoms with E-state index < -0.39 is 0 Å². The number of hydrogen-bond acceptors (Lipinski definition) is 5. The Hall–Kier alpha value is -1.95. The van der Waals surface area contributed by atoms with Crippen LogP contribution in [0, 0.1) is 5.92 Å². The van der Waals surface area contributed by atoms with Crippen molar-refractivity contribution in [1.29, 1.82) is 0 Å². The zero-order valence-electron chi connectivity index (χ0n) is 12.0. The highest BCUT2D eigenvalue weighted by Gasteiger charge is 2.25. The highest BCUT2D eigenvalue weighted by atomic mass is 16.5. The number of ether oxygens (including phenoxy) is 3. The van der Waals surface area contributed by atoms with Gasteiger partial charge in [0.2, 0.25) is 5.91 Å². The fourth-order valence-corrected chi connectivity index (χ4v) is 2.05. The van der Waals surface area contributed by atoms with Crippen LogP contribution in [0.3, 0.4) is 0 Å². The van der Waals surface area contributed by atoms with Crippen molar-refractivity contribution in [3.63, 3.8) is 0 Å². The zero-order chi connectivity index (χ0) is 14.5. The first-order chi connectivity index (χ1) is 9.69. The topological polar surface area (TPSA) is 68.8 Å². The van der Waals surface area contributed by atoms with Crippen LogP contribution < -0.4 is 24.8 Å². The smallest absolute Gasteiger partial charge is 0.225 e. The monoisotopic (exact) mass is 280 g/mol. The molecule has 0 saturated carbocycles.